The quantitative estimate of drug-likeness (QED) is 0.210. The Hall–Kier alpha value is -4.97. The zero-order valence-corrected chi connectivity index (χ0v) is 24.2. The molecule has 8 nitrogen and oxygen atoms in total. The maximum Gasteiger partial charge on any atom is 0.573 e. The summed E-state index contributed by atoms with van der Waals surface area (Å²) in [6, 6.07) is 20.3. The number of ether oxygens (including phenoxy) is 1. The number of alkyl halides is 3. The van der Waals surface area contributed by atoms with Gasteiger partial charge in [-0.2, -0.15) is 4.99 Å². The molecule has 5 rings (SSSR count). The summed E-state index contributed by atoms with van der Waals surface area (Å²) in [7, 11) is 0. The van der Waals surface area contributed by atoms with Crippen molar-refractivity contribution in [2.75, 3.05) is 0 Å². The third-order valence-electron chi connectivity index (χ3n) is 6.35. The third-order valence-corrected chi connectivity index (χ3v) is 7.30. The third kappa shape index (κ3) is 7.28. The predicted molar refractivity (Wildman–Crippen MR) is 159 cm³/mol. The number of amides is 2. The smallest absolute Gasteiger partial charge is 0.406 e. The highest BCUT2D eigenvalue weighted by atomic mass is 32.1. The van der Waals surface area contributed by atoms with Crippen LogP contribution in [0.4, 0.5) is 18.0 Å². The van der Waals surface area contributed by atoms with Gasteiger partial charge in [0, 0.05) is 22.8 Å². The van der Waals surface area contributed by atoms with Gasteiger partial charge in [-0.3, -0.25) is 4.57 Å². The molecule has 0 bridgehead atoms. The second-order valence-electron chi connectivity index (χ2n) is 9.78. The number of nitrogens with zero attached hydrogens (tertiary/aromatic N) is 5. The van der Waals surface area contributed by atoms with Crippen molar-refractivity contribution in [1.82, 2.24) is 24.6 Å². The minimum absolute atomic E-state index is 0.313. The van der Waals surface area contributed by atoms with Crippen LogP contribution in [-0.4, -0.2) is 31.7 Å². The van der Waals surface area contributed by atoms with E-state index in [-0.39, 0.29) is 5.75 Å². The van der Waals surface area contributed by atoms with E-state index in [1.165, 1.54) is 58.4 Å². The van der Waals surface area contributed by atoms with Crippen molar-refractivity contribution >= 4 is 23.4 Å². The molecule has 3 aromatic carbocycles. The number of aryl methyl sites for hydroxylation is 1. The van der Waals surface area contributed by atoms with Gasteiger partial charge in [-0.15, -0.1) is 29.6 Å². The molecule has 0 unspecified atom stereocenters. The van der Waals surface area contributed by atoms with E-state index in [2.05, 4.69) is 45.0 Å². The van der Waals surface area contributed by atoms with E-state index >= 15 is 0 Å². The summed E-state index contributed by atoms with van der Waals surface area (Å²) >= 11 is 1.40. The number of thiazole rings is 1. The zero-order chi connectivity index (χ0) is 30.6. The van der Waals surface area contributed by atoms with Crippen molar-refractivity contribution in [3.05, 3.63) is 112 Å². The number of benzene rings is 3. The Labute approximate surface area is 249 Å². The molecule has 0 aliphatic carbocycles. The Morgan fingerprint density at radius 1 is 1.05 bits per heavy atom. The van der Waals surface area contributed by atoms with Crippen LogP contribution < -0.4 is 14.9 Å². The first kappa shape index (κ1) is 29.5. The summed E-state index contributed by atoms with van der Waals surface area (Å²) in [5.74, 6) is 0.438. The number of rotatable bonds is 7. The van der Waals surface area contributed by atoms with Crippen LogP contribution in [0.25, 0.3) is 28.8 Å². The number of para-hydroxylation sites is 1. The van der Waals surface area contributed by atoms with Crippen molar-refractivity contribution in [3.63, 3.8) is 0 Å². The topological polar surface area (TPSA) is 86.3 Å². The lowest BCUT2D eigenvalue weighted by atomic mass is 10.0. The molecule has 2 amide bonds. The van der Waals surface area contributed by atoms with Crippen molar-refractivity contribution in [1.29, 1.82) is 0 Å². The average Bonchev–Trinajstić information content (AvgIpc) is 3.60. The fraction of sp³-hybridized carbons (Fsp3) is 0.161. The van der Waals surface area contributed by atoms with Crippen LogP contribution in [-0.2, 0) is 0 Å². The van der Waals surface area contributed by atoms with E-state index in [0.717, 1.165) is 22.5 Å². The van der Waals surface area contributed by atoms with Crippen LogP contribution in [0, 0.1) is 6.92 Å². The van der Waals surface area contributed by atoms with Crippen LogP contribution in [0.3, 0.4) is 0 Å². The molecule has 0 aliphatic heterocycles. The van der Waals surface area contributed by atoms with Crippen molar-refractivity contribution in [3.8, 4) is 28.5 Å². The monoisotopic (exact) mass is 604 g/mol. The van der Waals surface area contributed by atoms with Crippen LogP contribution in [0.5, 0.6) is 5.75 Å². The van der Waals surface area contributed by atoms with Gasteiger partial charge in [0.15, 0.2) is 10.6 Å². The van der Waals surface area contributed by atoms with Gasteiger partial charge in [0.1, 0.15) is 12.1 Å². The van der Waals surface area contributed by atoms with E-state index in [1.54, 1.807) is 6.08 Å². The van der Waals surface area contributed by atoms with Gasteiger partial charge in [-0.1, -0.05) is 56.3 Å². The molecule has 1 N–H and O–H groups in total. The molecule has 5 aromatic rings. The molecule has 0 saturated heterocycles. The van der Waals surface area contributed by atoms with E-state index in [0.29, 0.717) is 22.2 Å². The highest BCUT2D eigenvalue weighted by Gasteiger charge is 2.31. The summed E-state index contributed by atoms with van der Waals surface area (Å²) in [6.45, 7) is 6.25. The standard InChI is InChI=1S/C31H27F3N6O2S/c1-20(2)26-6-4-5-7-27(26)40-21(3)18-43-30(40)37-29(41)35-17-16-22-8-10-23(11-9-22)28-36-19-39(38-28)24-12-14-25(15-13-24)42-31(32,33)34/h4-20H,1-3H3,(H,35,41)/b17-16+,37-30-. The molecule has 220 valence electrons. The molecule has 0 spiro atoms. The molecule has 43 heavy (non-hydrogen) atoms. The fourth-order valence-corrected chi connectivity index (χ4v) is 5.20. The minimum atomic E-state index is -4.75. The van der Waals surface area contributed by atoms with Gasteiger partial charge in [0.05, 0.1) is 11.4 Å². The second-order valence-corrected chi connectivity index (χ2v) is 10.6. The van der Waals surface area contributed by atoms with E-state index in [4.69, 9.17) is 0 Å². The van der Waals surface area contributed by atoms with Gasteiger partial charge in [-0.05, 0) is 60.4 Å². The SMILES string of the molecule is Cc1cs/c(=N\C(=O)N/C=C/c2ccc(-c3ncn(-c4ccc(OC(F)(F)F)cc4)n3)cc2)n1-c1ccccc1C(C)C. The normalized spacial score (nSPS) is 12.3. The summed E-state index contributed by atoms with van der Waals surface area (Å²) in [5, 5.41) is 9.08. The number of aromatic nitrogens is 4. The van der Waals surface area contributed by atoms with Crippen LogP contribution in [0.15, 0.2) is 95.7 Å². The number of urea groups is 1. The number of nitrogens with one attached hydrogen (secondary N) is 1. The van der Waals surface area contributed by atoms with Gasteiger partial charge in [-0.25, -0.2) is 14.5 Å². The second kappa shape index (κ2) is 12.5. The Kier molecular flexibility index (Phi) is 8.58. The molecule has 0 aliphatic rings. The molecule has 0 saturated carbocycles. The molecule has 2 heterocycles. The summed E-state index contributed by atoms with van der Waals surface area (Å²) in [4.78, 5) is 21.8. The first-order valence-corrected chi connectivity index (χ1v) is 14.1. The molecular formula is C31H27F3N6O2S. The van der Waals surface area contributed by atoms with E-state index < -0.39 is 12.4 Å². The Bertz CT molecular complexity index is 1820. The summed E-state index contributed by atoms with van der Waals surface area (Å²) in [6.07, 6.45) is 0.00167. The maximum atomic E-state index is 12.6. The largest absolute Gasteiger partial charge is 0.573 e. The number of carbonyl (C=O) groups is 1. The van der Waals surface area contributed by atoms with E-state index in [9.17, 15) is 18.0 Å². The van der Waals surface area contributed by atoms with Crippen molar-refractivity contribution in [2.24, 2.45) is 4.99 Å². The Morgan fingerprint density at radius 3 is 2.47 bits per heavy atom. The van der Waals surface area contributed by atoms with Gasteiger partial charge >= 0.3 is 12.4 Å². The minimum Gasteiger partial charge on any atom is -0.406 e. The number of halogens is 3. The molecule has 0 radical (unpaired) electrons. The molecule has 0 atom stereocenters. The number of carbonyl (C=O) groups excluding carboxylic acids is 1. The molecule has 0 fully saturated rings. The first-order chi connectivity index (χ1) is 20.6. The van der Waals surface area contributed by atoms with Gasteiger partial charge in [0.25, 0.3) is 0 Å². The van der Waals surface area contributed by atoms with Crippen molar-refractivity contribution in [2.45, 2.75) is 33.1 Å². The molecular weight excluding hydrogens is 577 g/mol. The molecule has 2 aromatic heterocycles. The van der Waals surface area contributed by atoms with Crippen LogP contribution >= 0.6 is 11.3 Å². The highest BCUT2D eigenvalue weighted by Crippen LogP contribution is 2.25. The lowest BCUT2D eigenvalue weighted by molar-refractivity contribution is -0.274. The first-order valence-electron chi connectivity index (χ1n) is 13.2. The maximum absolute atomic E-state index is 12.6. The zero-order valence-electron chi connectivity index (χ0n) is 23.4. The van der Waals surface area contributed by atoms with Gasteiger partial charge < -0.3 is 10.1 Å². The average molecular weight is 605 g/mol. The summed E-state index contributed by atoms with van der Waals surface area (Å²) < 4.78 is 44.5. The Balaban J connectivity index is 1.24. The van der Waals surface area contributed by atoms with Gasteiger partial charge in [0.2, 0.25) is 0 Å². The lowest BCUT2D eigenvalue weighted by Crippen LogP contribution is -2.21. The Morgan fingerprint density at radius 2 is 1.77 bits per heavy atom. The van der Waals surface area contributed by atoms with Crippen molar-refractivity contribution < 1.29 is 22.7 Å². The fourth-order valence-electron chi connectivity index (χ4n) is 4.33. The lowest BCUT2D eigenvalue weighted by Gasteiger charge is -2.14. The predicted octanol–water partition coefficient (Wildman–Crippen LogP) is 7.40. The van der Waals surface area contributed by atoms with Crippen LogP contribution in [0.1, 0.15) is 36.6 Å². The molecule has 12 heteroatoms. The highest BCUT2D eigenvalue weighted by molar-refractivity contribution is 7.07. The number of hydrogen-bond acceptors (Lipinski definition) is 5. The van der Waals surface area contributed by atoms with E-state index in [1.807, 2.05) is 59.3 Å². The summed E-state index contributed by atoms with van der Waals surface area (Å²) in [5.41, 5.74) is 5.27. The number of hydrogen-bond donors (Lipinski definition) is 1. The van der Waals surface area contributed by atoms with Crippen LogP contribution in [0.2, 0.25) is 0 Å².